The molecule has 2 aliphatic rings. The van der Waals surface area contributed by atoms with Crippen molar-refractivity contribution in [2.45, 2.75) is 45.8 Å². The van der Waals surface area contributed by atoms with Crippen LogP contribution < -0.4 is 0 Å². The summed E-state index contributed by atoms with van der Waals surface area (Å²) in [5.74, 6) is 0.110. The van der Waals surface area contributed by atoms with Crippen LogP contribution in [0.15, 0.2) is 18.2 Å². The molecule has 1 amide bonds. The van der Waals surface area contributed by atoms with Gasteiger partial charge in [0, 0.05) is 33.1 Å². The highest BCUT2D eigenvalue weighted by atomic mass is 19.4. The molecule has 138 valence electrons. The summed E-state index contributed by atoms with van der Waals surface area (Å²) in [6, 6.07) is 4.38. The lowest BCUT2D eigenvalue weighted by atomic mass is 9.78. The van der Waals surface area contributed by atoms with E-state index >= 15 is 0 Å². The Labute approximate surface area is 146 Å². The van der Waals surface area contributed by atoms with Gasteiger partial charge < -0.3 is 4.90 Å². The molecule has 6 heteroatoms. The maximum absolute atomic E-state index is 13.3. The molecule has 0 unspecified atom stereocenters. The fourth-order valence-electron chi connectivity index (χ4n) is 4.24. The molecule has 0 bridgehead atoms. The van der Waals surface area contributed by atoms with E-state index in [9.17, 15) is 18.0 Å². The molecule has 1 aromatic rings. The van der Waals surface area contributed by atoms with Crippen molar-refractivity contribution in [2.75, 3.05) is 26.2 Å². The minimum atomic E-state index is -4.31. The summed E-state index contributed by atoms with van der Waals surface area (Å²) in [4.78, 5) is 15.5. The van der Waals surface area contributed by atoms with Crippen molar-refractivity contribution in [1.29, 1.82) is 0 Å². The van der Waals surface area contributed by atoms with Gasteiger partial charge in [0.25, 0.3) is 0 Å². The van der Waals surface area contributed by atoms with Gasteiger partial charge in [-0.25, -0.2) is 0 Å². The predicted octanol–water partition coefficient (Wildman–Crippen LogP) is 3.85. The number of benzene rings is 1. The Bertz CT molecular complexity index is 649. The fourth-order valence-corrected chi connectivity index (χ4v) is 4.24. The monoisotopic (exact) mass is 354 g/mol. The second-order valence-electron chi connectivity index (χ2n) is 7.63. The first-order chi connectivity index (χ1) is 11.7. The molecule has 2 aliphatic heterocycles. The normalized spacial score (nSPS) is 21.1. The van der Waals surface area contributed by atoms with E-state index in [0.717, 1.165) is 51.0 Å². The molecule has 2 fully saturated rings. The summed E-state index contributed by atoms with van der Waals surface area (Å²) in [5, 5.41) is 0. The summed E-state index contributed by atoms with van der Waals surface area (Å²) in [7, 11) is 0. The standard InChI is InChI=1S/C19H25F3N2O/c1-14-3-4-17(19(20,21)22)16(11-14)12-23-8-5-18(13-23)6-9-24(10-7-18)15(2)25/h3-4,11H,5-10,12-13H2,1-2H3. The average Bonchev–Trinajstić information content (AvgIpc) is 2.89. The number of hydrogen-bond acceptors (Lipinski definition) is 2. The van der Waals surface area contributed by atoms with E-state index in [1.807, 2.05) is 11.8 Å². The molecule has 3 rings (SSSR count). The van der Waals surface area contributed by atoms with Crippen LogP contribution in [-0.2, 0) is 17.5 Å². The van der Waals surface area contributed by atoms with Crippen LogP contribution >= 0.6 is 0 Å². The third-order valence-corrected chi connectivity index (χ3v) is 5.75. The van der Waals surface area contributed by atoms with Crippen LogP contribution in [0, 0.1) is 12.3 Å². The Balaban J connectivity index is 1.68. The third kappa shape index (κ3) is 4.00. The van der Waals surface area contributed by atoms with Gasteiger partial charge in [-0.2, -0.15) is 13.2 Å². The number of hydrogen-bond donors (Lipinski definition) is 0. The SMILES string of the molecule is CC(=O)N1CCC2(CCN(Cc3cc(C)ccc3C(F)(F)F)C2)CC1. The first kappa shape index (κ1) is 18.2. The summed E-state index contributed by atoms with van der Waals surface area (Å²) in [5.41, 5.74) is 0.858. The number of nitrogens with zero attached hydrogens (tertiary/aromatic N) is 2. The van der Waals surface area contributed by atoms with Gasteiger partial charge in [-0.3, -0.25) is 9.69 Å². The van der Waals surface area contributed by atoms with Crippen molar-refractivity contribution >= 4 is 5.91 Å². The quantitative estimate of drug-likeness (QED) is 0.805. The number of halogens is 3. The molecule has 0 saturated carbocycles. The number of amides is 1. The highest BCUT2D eigenvalue weighted by Gasteiger charge is 2.41. The zero-order valence-corrected chi connectivity index (χ0v) is 14.8. The second kappa shape index (κ2) is 6.63. The zero-order chi connectivity index (χ0) is 18.2. The first-order valence-corrected chi connectivity index (χ1v) is 8.83. The number of rotatable bonds is 2. The van der Waals surface area contributed by atoms with Crippen molar-refractivity contribution in [3.63, 3.8) is 0 Å². The van der Waals surface area contributed by atoms with Gasteiger partial charge in [-0.15, -0.1) is 0 Å². The van der Waals surface area contributed by atoms with E-state index in [0.29, 0.717) is 12.1 Å². The first-order valence-electron chi connectivity index (χ1n) is 8.83. The Hall–Kier alpha value is -1.56. The minimum absolute atomic E-state index is 0.110. The lowest BCUT2D eigenvalue weighted by Gasteiger charge is -2.39. The van der Waals surface area contributed by atoms with Gasteiger partial charge in [0.15, 0.2) is 0 Å². The van der Waals surface area contributed by atoms with E-state index in [-0.39, 0.29) is 11.3 Å². The van der Waals surface area contributed by atoms with Gasteiger partial charge >= 0.3 is 6.18 Å². The van der Waals surface area contributed by atoms with Crippen molar-refractivity contribution < 1.29 is 18.0 Å². The van der Waals surface area contributed by atoms with E-state index in [2.05, 4.69) is 4.90 Å². The van der Waals surface area contributed by atoms with Gasteiger partial charge in [-0.05, 0) is 49.8 Å². The van der Waals surface area contributed by atoms with Gasteiger partial charge in [-0.1, -0.05) is 17.7 Å². The topological polar surface area (TPSA) is 23.6 Å². The van der Waals surface area contributed by atoms with Crippen LogP contribution in [0.25, 0.3) is 0 Å². The highest BCUT2D eigenvalue weighted by molar-refractivity contribution is 5.73. The molecule has 3 nitrogen and oxygen atoms in total. The molecule has 1 spiro atoms. The molecule has 2 saturated heterocycles. The Morgan fingerprint density at radius 1 is 1.16 bits per heavy atom. The van der Waals surface area contributed by atoms with Gasteiger partial charge in [0.1, 0.15) is 0 Å². The number of carbonyl (C=O) groups is 1. The largest absolute Gasteiger partial charge is 0.416 e. The smallest absolute Gasteiger partial charge is 0.343 e. The maximum atomic E-state index is 13.3. The van der Waals surface area contributed by atoms with Crippen LogP contribution in [0.3, 0.4) is 0 Å². The van der Waals surface area contributed by atoms with E-state index < -0.39 is 11.7 Å². The van der Waals surface area contributed by atoms with Crippen LogP contribution in [0.2, 0.25) is 0 Å². The maximum Gasteiger partial charge on any atom is 0.416 e. The van der Waals surface area contributed by atoms with E-state index in [1.54, 1.807) is 13.0 Å². The molecule has 1 aromatic carbocycles. The number of carbonyl (C=O) groups excluding carboxylic acids is 1. The summed E-state index contributed by atoms with van der Waals surface area (Å²) < 4.78 is 39.8. The van der Waals surface area contributed by atoms with E-state index in [4.69, 9.17) is 0 Å². The molecule has 25 heavy (non-hydrogen) atoms. The van der Waals surface area contributed by atoms with Crippen molar-refractivity contribution in [3.8, 4) is 0 Å². The Kier molecular flexibility index (Phi) is 4.84. The highest BCUT2D eigenvalue weighted by Crippen LogP contribution is 2.41. The van der Waals surface area contributed by atoms with Crippen LogP contribution in [0.4, 0.5) is 13.2 Å². The number of piperidine rings is 1. The van der Waals surface area contributed by atoms with Crippen LogP contribution in [0.1, 0.15) is 42.9 Å². The van der Waals surface area contributed by atoms with Crippen molar-refractivity contribution in [1.82, 2.24) is 9.80 Å². The number of alkyl halides is 3. The predicted molar refractivity (Wildman–Crippen MR) is 90.0 cm³/mol. The molecule has 2 heterocycles. The lowest BCUT2D eigenvalue weighted by molar-refractivity contribution is -0.138. The Morgan fingerprint density at radius 2 is 1.80 bits per heavy atom. The van der Waals surface area contributed by atoms with Crippen molar-refractivity contribution in [2.24, 2.45) is 5.41 Å². The Morgan fingerprint density at radius 3 is 2.40 bits per heavy atom. The molecule has 0 N–H and O–H groups in total. The third-order valence-electron chi connectivity index (χ3n) is 5.75. The molecule has 0 aromatic heterocycles. The summed E-state index contributed by atoms with van der Waals surface area (Å²) in [6.07, 6.45) is -1.41. The molecule has 0 atom stereocenters. The summed E-state index contributed by atoms with van der Waals surface area (Å²) in [6.45, 7) is 6.94. The van der Waals surface area contributed by atoms with Crippen LogP contribution in [-0.4, -0.2) is 41.9 Å². The average molecular weight is 354 g/mol. The van der Waals surface area contributed by atoms with Gasteiger partial charge in [0.05, 0.1) is 5.56 Å². The molecule has 0 aliphatic carbocycles. The van der Waals surface area contributed by atoms with Gasteiger partial charge in [0.2, 0.25) is 5.91 Å². The minimum Gasteiger partial charge on any atom is -0.343 e. The summed E-state index contributed by atoms with van der Waals surface area (Å²) >= 11 is 0. The molecular weight excluding hydrogens is 329 g/mol. The molecule has 0 radical (unpaired) electrons. The van der Waals surface area contributed by atoms with Crippen molar-refractivity contribution in [3.05, 3.63) is 34.9 Å². The second-order valence-corrected chi connectivity index (χ2v) is 7.63. The zero-order valence-electron chi connectivity index (χ0n) is 14.8. The number of likely N-dealkylation sites (tertiary alicyclic amines) is 2. The number of aryl methyl sites for hydroxylation is 1. The molecular formula is C19H25F3N2O. The van der Waals surface area contributed by atoms with Crippen LogP contribution in [0.5, 0.6) is 0 Å². The lowest BCUT2D eigenvalue weighted by Crippen LogP contribution is -2.43. The fraction of sp³-hybridized carbons (Fsp3) is 0.632. The van der Waals surface area contributed by atoms with E-state index in [1.165, 1.54) is 12.1 Å².